The molecule has 112 valence electrons. The van der Waals surface area contributed by atoms with Crippen molar-refractivity contribution in [3.8, 4) is 0 Å². The molecule has 0 aliphatic heterocycles. The summed E-state index contributed by atoms with van der Waals surface area (Å²) in [5, 5.41) is 3.86. The SMILES string of the molecule is CCCNC(c1cc(F)cc(F)c1)c1ccc(Br)c(Cl)c1. The summed E-state index contributed by atoms with van der Waals surface area (Å²) < 4.78 is 27.7. The average Bonchev–Trinajstić information content (AvgIpc) is 2.42. The molecular weight excluding hydrogens is 360 g/mol. The van der Waals surface area contributed by atoms with Crippen molar-refractivity contribution in [1.82, 2.24) is 5.32 Å². The lowest BCUT2D eigenvalue weighted by atomic mass is 9.98. The van der Waals surface area contributed by atoms with E-state index in [1.165, 1.54) is 12.1 Å². The zero-order chi connectivity index (χ0) is 15.4. The summed E-state index contributed by atoms with van der Waals surface area (Å²) in [7, 11) is 0. The van der Waals surface area contributed by atoms with E-state index in [0.717, 1.165) is 29.1 Å². The van der Waals surface area contributed by atoms with Crippen LogP contribution in [0.3, 0.4) is 0 Å². The molecule has 0 radical (unpaired) electrons. The highest BCUT2D eigenvalue weighted by molar-refractivity contribution is 9.10. The van der Waals surface area contributed by atoms with Gasteiger partial charge in [0.05, 0.1) is 11.1 Å². The van der Waals surface area contributed by atoms with Gasteiger partial charge in [-0.25, -0.2) is 8.78 Å². The fourth-order valence-corrected chi connectivity index (χ4v) is 2.59. The summed E-state index contributed by atoms with van der Waals surface area (Å²) in [4.78, 5) is 0. The molecule has 2 rings (SSSR count). The summed E-state index contributed by atoms with van der Waals surface area (Å²) in [6, 6.07) is 8.75. The lowest BCUT2D eigenvalue weighted by Gasteiger charge is -2.20. The third kappa shape index (κ3) is 4.25. The average molecular weight is 375 g/mol. The molecule has 0 saturated heterocycles. The Balaban J connectivity index is 2.43. The minimum absolute atomic E-state index is 0.305. The lowest BCUT2D eigenvalue weighted by molar-refractivity contribution is 0.558. The van der Waals surface area contributed by atoms with E-state index in [9.17, 15) is 8.78 Å². The Kier molecular flexibility index (Phi) is 5.73. The molecule has 0 saturated carbocycles. The fraction of sp³-hybridized carbons (Fsp3) is 0.250. The molecule has 1 unspecified atom stereocenters. The molecule has 0 amide bonds. The van der Waals surface area contributed by atoms with Crippen LogP contribution >= 0.6 is 27.5 Å². The van der Waals surface area contributed by atoms with Gasteiger partial charge in [0.25, 0.3) is 0 Å². The highest BCUT2D eigenvalue weighted by Gasteiger charge is 2.16. The van der Waals surface area contributed by atoms with Crippen molar-refractivity contribution >= 4 is 27.5 Å². The van der Waals surface area contributed by atoms with Gasteiger partial charge in [-0.3, -0.25) is 0 Å². The Morgan fingerprint density at radius 3 is 2.33 bits per heavy atom. The van der Waals surface area contributed by atoms with Crippen LogP contribution < -0.4 is 5.32 Å². The van der Waals surface area contributed by atoms with Gasteiger partial charge in [-0.05, 0) is 64.3 Å². The maximum Gasteiger partial charge on any atom is 0.126 e. The van der Waals surface area contributed by atoms with Crippen LogP contribution in [0, 0.1) is 11.6 Å². The number of nitrogens with one attached hydrogen (secondary N) is 1. The first-order chi connectivity index (χ1) is 10.0. The van der Waals surface area contributed by atoms with Gasteiger partial charge in [-0.15, -0.1) is 0 Å². The molecule has 21 heavy (non-hydrogen) atoms. The van der Waals surface area contributed by atoms with Gasteiger partial charge in [0.2, 0.25) is 0 Å². The third-order valence-corrected chi connectivity index (χ3v) is 4.33. The van der Waals surface area contributed by atoms with Crippen LogP contribution in [0.1, 0.15) is 30.5 Å². The monoisotopic (exact) mass is 373 g/mol. The summed E-state index contributed by atoms with van der Waals surface area (Å²) in [6.07, 6.45) is 0.915. The number of halogens is 4. The summed E-state index contributed by atoms with van der Waals surface area (Å²) in [6.45, 7) is 2.77. The quantitative estimate of drug-likeness (QED) is 0.732. The van der Waals surface area contributed by atoms with E-state index in [1.54, 1.807) is 6.07 Å². The first-order valence-corrected chi connectivity index (χ1v) is 7.82. The van der Waals surface area contributed by atoms with Crippen molar-refractivity contribution in [2.45, 2.75) is 19.4 Å². The largest absolute Gasteiger partial charge is 0.306 e. The molecule has 2 aromatic carbocycles. The van der Waals surface area contributed by atoms with Crippen molar-refractivity contribution in [2.24, 2.45) is 0 Å². The summed E-state index contributed by atoms with van der Waals surface area (Å²) in [5.41, 5.74) is 1.40. The van der Waals surface area contributed by atoms with Crippen LogP contribution in [0.4, 0.5) is 8.78 Å². The Morgan fingerprint density at radius 2 is 1.76 bits per heavy atom. The molecule has 0 heterocycles. The number of hydrogen-bond donors (Lipinski definition) is 1. The standard InChI is InChI=1S/C16H15BrClF2N/c1-2-5-21-16(10-3-4-14(17)15(18)8-10)11-6-12(19)9-13(20)7-11/h3-4,6-9,16,21H,2,5H2,1H3. The zero-order valence-electron chi connectivity index (χ0n) is 11.5. The molecule has 0 fully saturated rings. The fourth-order valence-electron chi connectivity index (χ4n) is 2.15. The number of hydrogen-bond acceptors (Lipinski definition) is 1. The number of benzene rings is 2. The molecule has 5 heteroatoms. The van der Waals surface area contributed by atoms with E-state index >= 15 is 0 Å². The second-order valence-electron chi connectivity index (χ2n) is 4.76. The topological polar surface area (TPSA) is 12.0 Å². The first kappa shape index (κ1) is 16.4. The minimum atomic E-state index is -0.587. The van der Waals surface area contributed by atoms with E-state index in [2.05, 4.69) is 21.2 Å². The van der Waals surface area contributed by atoms with Gasteiger partial charge >= 0.3 is 0 Å². The van der Waals surface area contributed by atoms with Crippen molar-refractivity contribution < 1.29 is 8.78 Å². The minimum Gasteiger partial charge on any atom is -0.306 e. The van der Waals surface area contributed by atoms with E-state index in [4.69, 9.17) is 11.6 Å². The van der Waals surface area contributed by atoms with Crippen LogP contribution in [0.5, 0.6) is 0 Å². The van der Waals surface area contributed by atoms with Crippen LogP contribution in [0.2, 0.25) is 5.02 Å². The number of rotatable bonds is 5. The summed E-state index contributed by atoms with van der Waals surface area (Å²) >= 11 is 9.46. The van der Waals surface area contributed by atoms with Gasteiger partial charge in [-0.1, -0.05) is 24.6 Å². The van der Waals surface area contributed by atoms with Crippen LogP contribution in [0.15, 0.2) is 40.9 Å². The molecule has 0 spiro atoms. The summed E-state index contributed by atoms with van der Waals surface area (Å²) in [5.74, 6) is -1.17. The maximum absolute atomic E-state index is 13.5. The predicted molar refractivity (Wildman–Crippen MR) is 85.6 cm³/mol. The lowest BCUT2D eigenvalue weighted by Crippen LogP contribution is -2.23. The van der Waals surface area contributed by atoms with Gasteiger partial charge in [0.15, 0.2) is 0 Å². The molecular formula is C16H15BrClF2N. The Morgan fingerprint density at radius 1 is 1.10 bits per heavy atom. The molecule has 2 aromatic rings. The molecule has 0 aromatic heterocycles. The Bertz CT molecular complexity index is 613. The first-order valence-electron chi connectivity index (χ1n) is 6.65. The second-order valence-corrected chi connectivity index (χ2v) is 6.03. The Hall–Kier alpha value is -0.970. The molecule has 0 bridgehead atoms. The molecule has 1 atom stereocenters. The van der Waals surface area contributed by atoms with E-state index in [1.807, 2.05) is 19.1 Å². The van der Waals surface area contributed by atoms with Crippen molar-refractivity contribution in [3.05, 3.63) is 68.7 Å². The van der Waals surface area contributed by atoms with Gasteiger partial charge in [0.1, 0.15) is 11.6 Å². The van der Waals surface area contributed by atoms with Crippen LogP contribution in [0.25, 0.3) is 0 Å². The van der Waals surface area contributed by atoms with E-state index < -0.39 is 11.6 Å². The van der Waals surface area contributed by atoms with Crippen molar-refractivity contribution in [3.63, 3.8) is 0 Å². The van der Waals surface area contributed by atoms with E-state index in [-0.39, 0.29) is 6.04 Å². The molecule has 1 nitrogen and oxygen atoms in total. The van der Waals surface area contributed by atoms with Gasteiger partial charge in [0, 0.05) is 10.5 Å². The van der Waals surface area contributed by atoms with Crippen molar-refractivity contribution in [1.29, 1.82) is 0 Å². The zero-order valence-corrected chi connectivity index (χ0v) is 13.8. The maximum atomic E-state index is 13.5. The van der Waals surface area contributed by atoms with Gasteiger partial charge in [-0.2, -0.15) is 0 Å². The van der Waals surface area contributed by atoms with Crippen LogP contribution in [-0.4, -0.2) is 6.54 Å². The predicted octanol–water partition coefficient (Wildman–Crippen LogP) is 5.47. The smallest absolute Gasteiger partial charge is 0.126 e. The highest BCUT2D eigenvalue weighted by Crippen LogP contribution is 2.29. The second kappa shape index (κ2) is 7.34. The molecule has 0 aliphatic rings. The van der Waals surface area contributed by atoms with Crippen LogP contribution in [-0.2, 0) is 0 Å². The normalized spacial score (nSPS) is 12.4. The highest BCUT2D eigenvalue weighted by atomic mass is 79.9. The van der Waals surface area contributed by atoms with Gasteiger partial charge < -0.3 is 5.32 Å². The van der Waals surface area contributed by atoms with E-state index in [0.29, 0.717) is 10.6 Å². The molecule has 1 N–H and O–H groups in total. The third-order valence-electron chi connectivity index (χ3n) is 3.09. The molecule has 0 aliphatic carbocycles. The van der Waals surface area contributed by atoms with Crippen molar-refractivity contribution in [2.75, 3.05) is 6.54 Å². The Labute approximate surface area is 136 Å².